The van der Waals surface area contributed by atoms with Crippen LogP contribution in [0.4, 0.5) is 10.3 Å². The Kier molecular flexibility index (Phi) is 11.8. The van der Waals surface area contributed by atoms with Gasteiger partial charge in [-0.05, 0) is 66.5 Å². The molecule has 3 rings (SSSR count). The third kappa shape index (κ3) is 8.58. The van der Waals surface area contributed by atoms with Crippen LogP contribution in [0.2, 0.25) is 0 Å². The molecule has 7 heteroatoms. The molecule has 0 amide bonds. The number of nitrogens with one attached hydrogen (secondary N) is 2. The minimum atomic E-state index is -0.304. The number of methoxy groups -OCH3 is 1. The second kappa shape index (κ2) is 14.3. The largest absolute Gasteiger partial charge is 0.494 e. The Morgan fingerprint density at radius 3 is 2.56 bits per heavy atom. The minimum absolute atomic E-state index is 0.304. The van der Waals surface area contributed by atoms with Gasteiger partial charge in [0.15, 0.2) is 11.6 Å². The van der Waals surface area contributed by atoms with Crippen LogP contribution in [0, 0.1) is 11.7 Å². The van der Waals surface area contributed by atoms with Gasteiger partial charge in [-0.3, -0.25) is 4.72 Å². The Morgan fingerprint density at radius 1 is 1.19 bits per heavy atom. The molecule has 0 spiro atoms. The molecule has 2 aromatic rings. The van der Waals surface area contributed by atoms with Gasteiger partial charge in [-0.25, -0.2) is 14.4 Å². The monoisotopic (exact) mass is 462 g/mol. The molecule has 1 aliphatic rings. The summed E-state index contributed by atoms with van der Waals surface area (Å²) in [5, 5.41) is 3.23. The van der Waals surface area contributed by atoms with Crippen molar-refractivity contribution in [3.8, 4) is 5.75 Å². The first kappa shape index (κ1) is 26.4. The average Bonchev–Trinajstić information content (AvgIpc) is 3.27. The maximum Gasteiger partial charge on any atom is 0.222 e. The molecule has 2 N–H and O–H groups in total. The van der Waals surface area contributed by atoms with E-state index in [9.17, 15) is 4.39 Å². The Morgan fingerprint density at radius 2 is 1.94 bits per heavy atom. The van der Waals surface area contributed by atoms with Gasteiger partial charge >= 0.3 is 0 Å². The molecule has 1 saturated carbocycles. The topological polar surface area (TPSA) is 59.1 Å². The molecular formula is C25H39FN4OS. The summed E-state index contributed by atoms with van der Waals surface area (Å²) in [4.78, 5) is 8.87. The zero-order chi connectivity index (χ0) is 23.3. The van der Waals surface area contributed by atoms with Crippen LogP contribution >= 0.6 is 11.9 Å². The van der Waals surface area contributed by atoms with Gasteiger partial charge in [-0.15, -0.1) is 0 Å². The van der Waals surface area contributed by atoms with E-state index in [-0.39, 0.29) is 5.82 Å². The molecule has 1 heterocycles. The van der Waals surface area contributed by atoms with Crippen molar-refractivity contribution in [1.82, 2.24) is 14.7 Å². The van der Waals surface area contributed by atoms with Gasteiger partial charge < -0.3 is 10.1 Å². The van der Waals surface area contributed by atoms with E-state index in [1.54, 1.807) is 24.1 Å². The van der Waals surface area contributed by atoms with Gasteiger partial charge in [0.1, 0.15) is 0 Å². The van der Waals surface area contributed by atoms with Crippen molar-refractivity contribution in [2.75, 3.05) is 31.8 Å². The zero-order valence-corrected chi connectivity index (χ0v) is 21.0. The van der Waals surface area contributed by atoms with Gasteiger partial charge in [0.25, 0.3) is 0 Å². The van der Waals surface area contributed by atoms with Crippen molar-refractivity contribution < 1.29 is 9.13 Å². The Hall–Kier alpha value is -1.86. The number of benzene rings is 1. The third-order valence-electron chi connectivity index (χ3n) is 5.88. The standard InChI is InChI=1S/C15H26N4S.C10H13FO/c1-3-4-12-5-6-13(9-12)14-10-17-15(18-11-14)16-7-8-19-20-2;1-7(2)8-4-5-9(11)10(6-8)12-3/h10-13,19H,3-9H2,1-2H3,(H,16,17,18);4-7H,1-3H3/t12-,13+;/m0./s1. The number of hydrogen-bond donors (Lipinski definition) is 2. The molecule has 0 saturated heterocycles. The molecule has 0 unspecified atom stereocenters. The van der Waals surface area contributed by atoms with Crippen LogP contribution in [0.1, 0.15) is 75.8 Å². The molecule has 1 aromatic heterocycles. The summed E-state index contributed by atoms with van der Waals surface area (Å²) in [6.45, 7) is 8.16. The summed E-state index contributed by atoms with van der Waals surface area (Å²) in [7, 11) is 1.47. The number of aromatic nitrogens is 2. The fourth-order valence-electron chi connectivity index (χ4n) is 4.05. The summed E-state index contributed by atoms with van der Waals surface area (Å²) >= 11 is 1.63. The minimum Gasteiger partial charge on any atom is -0.494 e. The first-order valence-electron chi connectivity index (χ1n) is 11.6. The van der Waals surface area contributed by atoms with E-state index in [4.69, 9.17) is 4.74 Å². The van der Waals surface area contributed by atoms with Crippen LogP contribution in [-0.2, 0) is 0 Å². The number of anilines is 1. The maximum absolute atomic E-state index is 12.9. The van der Waals surface area contributed by atoms with Crippen LogP contribution in [0.5, 0.6) is 5.75 Å². The third-order valence-corrected chi connectivity index (χ3v) is 6.37. The van der Waals surface area contributed by atoms with Crippen LogP contribution in [0.15, 0.2) is 30.6 Å². The van der Waals surface area contributed by atoms with Gasteiger partial charge in [0.05, 0.1) is 7.11 Å². The number of ether oxygens (including phenoxy) is 1. The fraction of sp³-hybridized carbons (Fsp3) is 0.600. The van der Waals surface area contributed by atoms with E-state index in [2.05, 4.69) is 40.8 Å². The van der Waals surface area contributed by atoms with E-state index in [0.717, 1.165) is 30.5 Å². The molecule has 5 nitrogen and oxygen atoms in total. The lowest BCUT2D eigenvalue weighted by molar-refractivity contribution is 0.385. The molecule has 1 fully saturated rings. The van der Waals surface area contributed by atoms with E-state index in [0.29, 0.717) is 17.6 Å². The van der Waals surface area contributed by atoms with Crippen molar-refractivity contribution in [2.45, 2.75) is 64.7 Å². The Labute approximate surface area is 197 Å². The molecule has 2 atom stereocenters. The predicted octanol–water partition coefficient (Wildman–Crippen LogP) is 6.40. The summed E-state index contributed by atoms with van der Waals surface area (Å²) in [5.41, 5.74) is 2.41. The van der Waals surface area contributed by atoms with Crippen molar-refractivity contribution in [1.29, 1.82) is 0 Å². The maximum atomic E-state index is 12.9. The second-order valence-corrected chi connectivity index (χ2v) is 9.28. The molecule has 178 valence electrons. The molecular weight excluding hydrogens is 423 g/mol. The first-order valence-corrected chi connectivity index (χ1v) is 12.9. The highest BCUT2D eigenvalue weighted by molar-refractivity contribution is 7.96. The second-order valence-electron chi connectivity index (χ2n) is 8.58. The highest BCUT2D eigenvalue weighted by Gasteiger charge is 2.25. The zero-order valence-electron chi connectivity index (χ0n) is 20.2. The lowest BCUT2D eigenvalue weighted by Gasteiger charge is -2.11. The van der Waals surface area contributed by atoms with E-state index in [1.165, 1.54) is 50.8 Å². The van der Waals surface area contributed by atoms with Crippen LogP contribution in [0.3, 0.4) is 0 Å². The number of halogens is 1. The van der Waals surface area contributed by atoms with Crippen molar-refractivity contribution >= 4 is 17.9 Å². The van der Waals surface area contributed by atoms with Crippen LogP contribution < -0.4 is 14.8 Å². The lowest BCUT2D eigenvalue weighted by Crippen LogP contribution is -2.17. The van der Waals surface area contributed by atoms with E-state index in [1.807, 2.05) is 18.6 Å². The van der Waals surface area contributed by atoms with Gasteiger partial charge in [-0.1, -0.05) is 51.6 Å². The number of rotatable bonds is 10. The van der Waals surface area contributed by atoms with Gasteiger partial charge in [-0.2, -0.15) is 0 Å². The first-order chi connectivity index (χ1) is 15.5. The molecule has 32 heavy (non-hydrogen) atoms. The van der Waals surface area contributed by atoms with Crippen molar-refractivity contribution in [2.24, 2.45) is 5.92 Å². The Balaban J connectivity index is 0.000000258. The van der Waals surface area contributed by atoms with E-state index >= 15 is 0 Å². The predicted molar refractivity (Wildman–Crippen MR) is 134 cm³/mol. The average molecular weight is 463 g/mol. The highest BCUT2D eigenvalue weighted by atomic mass is 32.2. The summed E-state index contributed by atoms with van der Waals surface area (Å²) in [6, 6.07) is 4.96. The van der Waals surface area contributed by atoms with Gasteiger partial charge in [0.2, 0.25) is 5.95 Å². The Bertz CT molecular complexity index is 788. The summed E-state index contributed by atoms with van der Waals surface area (Å²) < 4.78 is 21.0. The SMILES string of the molecule is CCC[C@H]1CC[C@@H](c2cnc(NCCNSC)nc2)C1.COc1cc(C(C)C)ccc1F. The van der Waals surface area contributed by atoms with Crippen molar-refractivity contribution in [3.63, 3.8) is 0 Å². The summed E-state index contributed by atoms with van der Waals surface area (Å²) in [6.07, 6.45) is 12.7. The van der Waals surface area contributed by atoms with Crippen LogP contribution in [-0.4, -0.2) is 36.4 Å². The highest BCUT2D eigenvalue weighted by Crippen LogP contribution is 2.39. The summed E-state index contributed by atoms with van der Waals surface area (Å²) in [5.74, 6) is 2.75. The molecule has 0 radical (unpaired) electrons. The van der Waals surface area contributed by atoms with Crippen molar-refractivity contribution in [3.05, 3.63) is 47.5 Å². The molecule has 0 aliphatic heterocycles. The van der Waals surface area contributed by atoms with Gasteiger partial charge in [0, 0.05) is 25.5 Å². The molecule has 1 aliphatic carbocycles. The quantitative estimate of drug-likeness (QED) is 0.315. The normalized spacial score (nSPS) is 17.7. The number of nitrogens with zero attached hydrogens (tertiary/aromatic N) is 2. The number of hydrogen-bond acceptors (Lipinski definition) is 6. The fourth-order valence-corrected chi connectivity index (χ4v) is 4.36. The van der Waals surface area contributed by atoms with Crippen LogP contribution in [0.25, 0.3) is 0 Å². The lowest BCUT2D eigenvalue weighted by atomic mass is 9.97. The molecule has 0 bridgehead atoms. The smallest absolute Gasteiger partial charge is 0.222 e. The van der Waals surface area contributed by atoms with E-state index < -0.39 is 0 Å². The molecule has 1 aromatic carbocycles.